The maximum absolute atomic E-state index is 13.0. The van der Waals surface area contributed by atoms with Crippen LogP contribution in [0.3, 0.4) is 0 Å². The van der Waals surface area contributed by atoms with Gasteiger partial charge in [-0.05, 0) is 36.4 Å². The highest BCUT2D eigenvalue weighted by Crippen LogP contribution is 2.16. The molecular weight excluding hydrogens is 256 g/mol. The number of carbonyl (C=O) groups excluding carboxylic acids is 1. The van der Waals surface area contributed by atoms with Crippen molar-refractivity contribution in [3.8, 4) is 0 Å². The van der Waals surface area contributed by atoms with Crippen LogP contribution in [0.4, 0.5) is 14.5 Å². The second-order valence-corrected chi connectivity index (χ2v) is 4.11. The first kappa shape index (κ1) is 12.6. The maximum Gasteiger partial charge on any atom is 0.255 e. The molecule has 2 nitrogen and oxygen atoms in total. The van der Waals surface area contributed by atoms with E-state index >= 15 is 0 Å². The summed E-state index contributed by atoms with van der Waals surface area (Å²) in [5.41, 5.74) is 0.593. The van der Waals surface area contributed by atoms with Crippen molar-refractivity contribution in [2.24, 2.45) is 0 Å². The fraction of sp³-hybridized carbons (Fsp3) is 0. The molecule has 0 fully saturated rings. The molecule has 0 aliphatic carbocycles. The maximum atomic E-state index is 13.0. The van der Waals surface area contributed by atoms with E-state index in [0.29, 0.717) is 5.69 Å². The Kier molecular flexibility index (Phi) is 3.62. The summed E-state index contributed by atoms with van der Waals surface area (Å²) in [5.74, 6) is -1.39. The predicted octanol–water partition coefficient (Wildman–Crippen LogP) is 3.51. The first-order chi connectivity index (χ1) is 8.56. The van der Waals surface area contributed by atoms with Crippen LogP contribution < -0.4 is 5.32 Å². The highest BCUT2D eigenvalue weighted by Gasteiger charge is 2.08. The monoisotopic (exact) mass is 265 g/mol. The quantitative estimate of drug-likeness (QED) is 0.799. The summed E-state index contributed by atoms with van der Waals surface area (Å²) in [5, 5.41) is 2.51. The van der Waals surface area contributed by atoms with Crippen molar-refractivity contribution in [1.29, 1.82) is 0 Å². The van der Waals surface area contributed by atoms with Gasteiger partial charge in [-0.2, -0.15) is 0 Å². The zero-order valence-electron chi connectivity index (χ0n) is 9.15. The van der Waals surface area contributed by atoms with Crippen molar-refractivity contribution in [2.45, 2.75) is 4.90 Å². The summed E-state index contributed by atoms with van der Waals surface area (Å²) in [6, 6.07) is 9.33. The molecule has 0 atom stereocenters. The highest BCUT2D eigenvalue weighted by atomic mass is 32.1. The van der Waals surface area contributed by atoms with Crippen molar-refractivity contribution in [1.82, 2.24) is 0 Å². The molecule has 2 aromatic rings. The molecular formula is C13H9F2NOS. The second-order valence-electron chi connectivity index (χ2n) is 3.63. The Balaban J connectivity index is 2.19. The van der Waals surface area contributed by atoms with Gasteiger partial charge >= 0.3 is 0 Å². The normalized spacial score (nSPS) is 10.2. The van der Waals surface area contributed by atoms with Gasteiger partial charge in [0, 0.05) is 16.1 Å². The Morgan fingerprint density at radius 3 is 2.56 bits per heavy atom. The number of anilines is 1. The summed E-state index contributed by atoms with van der Waals surface area (Å²) < 4.78 is 25.9. The summed E-state index contributed by atoms with van der Waals surface area (Å²) in [7, 11) is 0. The summed E-state index contributed by atoms with van der Waals surface area (Å²) >= 11 is 3.89. The van der Waals surface area contributed by atoms with Gasteiger partial charge in [-0.25, -0.2) is 8.78 Å². The van der Waals surface area contributed by atoms with E-state index < -0.39 is 17.5 Å². The van der Waals surface area contributed by atoms with E-state index in [4.69, 9.17) is 0 Å². The average molecular weight is 265 g/mol. The van der Waals surface area contributed by atoms with Crippen LogP contribution in [-0.2, 0) is 0 Å². The minimum atomic E-state index is -0.499. The Labute approximate surface area is 108 Å². The third kappa shape index (κ3) is 2.87. The molecule has 0 unspecified atom stereocenters. The summed E-state index contributed by atoms with van der Waals surface area (Å²) in [6.07, 6.45) is 0. The Morgan fingerprint density at radius 2 is 1.89 bits per heavy atom. The van der Waals surface area contributed by atoms with Gasteiger partial charge in [-0.15, -0.1) is 12.6 Å². The number of thiol groups is 1. The van der Waals surface area contributed by atoms with Gasteiger partial charge in [0.15, 0.2) is 0 Å². The van der Waals surface area contributed by atoms with Crippen LogP contribution in [0.1, 0.15) is 10.4 Å². The zero-order valence-corrected chi connectivity index (χ0v) is 10.0. The van der Waals surface area contributed by atoms with Crippen LogP contribution in [0.15, 0.2) is 47.4 Å². The van der Waals surface area contributed by atoms with Crippen molar-refractivity contribution < 1.29 is 13.6 Å². The molecule has 0 aliphatic rings. The van der Waals surface area contributed by atoms with Gasteiger partial charge in [0.05, 0.1) is 0 Å². The number of carbonyl (C=O) groups is 1. The van der Waals surface area contributed by atoms with Crippen LogP contribution >= 0.6 is 12.6 Å². The zero-order chi connectivity index (χ0) is 13.1. The lowest BCUT2D eigenvalue weighted by Gasteiger charge is -2.06. The first-order valence-electron chi connectivity index (χ1n) is 5.12. The minimum Gasteiger partial charge on any atom is -0.322 e. The average Bonchev–Trinajstić information content (AvgIpc) is 2.32. The van der Waals surface area contributed by atoms with E-state index in [2.05, 4.69) is 17.9 Å². The molecule has 0 spiro atoms. The molecule has 0 saturated heterocycles. The second kappa shape index (κ2) is 5.18. The number of amides is 1. The Hall–Kier alpha value is -1.88. The predicted molar refractivity (Wildman–Crippen MR) is 68.0 cm³/mol. The smallest absolute Gasteiger partial charge is 0.255 e. The fourth-order valence-corrected chi connectivity index (χ4v) is 1.64. The molecule has 0 saturated carbocycles. The van der Waals surface area contributed by atoms with Gasteiger partial charge in [-0.1, -0.05) is 6.07 Å². The van der Waals surface area contributed by atoms with Gasteiger partial charge in [-0.3, -0.25) is 4.79 Å². The minimum absolute atomic E-state index is 0.0851. The van der Waals surface area contributed by atoms with E-state index in [9.17, 15) is 13.6 Å². The first-order valence-corrected chi connectivity index (χ1v) is 5.56. The van der Waals surface area contributed by atoms with Gasteiger partial charge in [0.25, 0.3) is 5.91 Å². The summed E-state index contributed by atoms with van der Waals surface area (Å²) in [6.45, 7) is 0. The molecule has 92 valence electrons. The molecule has 2 aromatic carbocycles. The standard InChI is InChI=1S/C13H9F2NOS/c14-9-2-1-3-10(7-9)16-13(17)8-4-5-11(15)12(18)6-8/h1-7,18H,(H,16,17). The molecule has 18 heavy (non-hydrogen) atoms. The van der Waals surface area contributed by atoms with Crippen molar-refractivity contribution in [2.75, 3.05) is 5.32 Å². The number of halogens is 2. The molecule has 1 amide bonds. The topological polar surface area (TPSA) is 29.1 Å². The number of rotatable bonds is 2. The lowest BCUT2D eigenvalue weighted by atomic mass is 10.2. The van der Waals surface area contributed by atoms with Crippen molar-refractivity contribution in [3.05, 3.63) is 59.7 Å². The number of hydrogen-bond donors (Lipinski definition) is 2. The van der Waals surface area contributed by atoms with Crippen LogP contribution in [0, 0.1) is 11.6 Å². The highest BCUT2D eigenvalue weighted by molar-refractivity contribution is 7.80. The van der Waals surface area contributed by atoms with Crippen LogP contribution in [0.25, 0.3) is 0 Å². The number of benzene rings is 2. The van der Waals surface area contributed by atoms with E-state index in [1.807, 2.05) is 0 Å². The lowest BCUT2D eigenvalue weighted by Crippen LogP contribution is -2.12. The molecule has 0 heterocycles. The SMILES string of the molecule is O=C(Nc1cccc(F)c1)c1ccc(F)c(S)c1. The molecule has 1 N–H and O–H groups in total. The molecule has 0 aliphatic heterocycles. The molecule has 0 aromatic heterocycles. The Morgan fingerprint density at radius 1 is 1.11 bits per heavy atom. The van der Waals surface area contributed by atoms with E-state index in [0.717, 1.165) is 6.07 Å². The lowest BCUT2D eigenvalue weighted by molar-refractivity contribution is 0.102. The van der Waals surface area contributed by atoms with Crippen LogP contribution in [-0.4, -0.2) is 5.91 Å². The largest absolute Gasteiger partial charge is 0.322 e. The molecule has 0 bridgehead atoms. The van der Waals surface area contributed by atoms with Gasteiger partial charge in [0.2, 0.25) is 0 Å². The van der Waals surface area contributed by atoms with Crippen molar-refractivity contribution in [3.63, 3.8) is 0 Å². The Bertz CT molecular complexity index is 601. The third-order valence-corrected chi connectivity index (χ3v) is 2.63. The molecule has 0 radical (unpaired) electrons. The fourth-order valence-electron chi connectivity index (χ4n) is 1.42. The van der Waals surface area contributed by atoms with E-state index in [1.165, 1.54) is 30.3 Å². The van der Waals surface area contributed by atoms with Gasteiger partial charge < -0.3 is 5.32 Å². The van der Waals surface area contributed by atoms with Crippen LogP contribution in [0.2, 0.25) is 0 Å². The number of hydrogen-bond acceptors (Lipinski definition) is 2. The van der Waals surface area contributed by atoms with Crippen molar-refractivity contribution >= 4 is 24.2 Å². The van der Waals surface area contributed by atoms with Crippen LogP contribution in [0.5, 0.6) is 0 Å². The molecule has 2 rings (SSSR count). The third-order valence-electron chi connectivity index (χ3n) is 2.29. The molecule has 5 heteroatoms. The number of nitrogens with one attached hydrogen (secondary N) is 1. The van der Waals surface area contributed by atoms with Gasteiger partial charge in [0.1, 0.15) is 11.6 Å². The van der Waals surface area contributed by atoms with E-state index in [-0.39, 0.29) is 10.5 Å². The van der Waals surface area contributed by atoms with E-state index in [1.54, 1.807) is 6.07 Å². The summed E-state index contributed by atoms with van der Waals surface area (Å²) in [4.78, 5) is 11.9.